The zero-order valence-electron chi connectivity index (χ0n) is 28.1. The first-order valence-corrected chi connectivity index (χ1v) is 23.9. The summed E-state index contributed by atoms with van der Waals surface area (Å²) in [6.45, 7) is 19.2. The van der Waals surface area contributed by atoms with Crippen molar-refractivity contribution in [2.45, 2.75) is 80.7 Å². The molecule has 0 N–H and O–H groups in total. The third-order valence-electron chi connectivity index (χ3n) is 11.7. The molecule has 0 bridgehead atoms. The van der Waals surface area contributed by atoms with E-state index in [9.17, 15) is 0 Å². The first-order chi connectivity index (χ1) is 20.8. The van der Waals surface area contributed by atoms with Crippen molar-refractivity contribution in [2.24, 2.45) is 0 Å². The molecule has 1 heteroatoms. The molecule has 2 aliphatic carbocycles. The van der Waals surface area contributed by atoms with Crippen LogP contribution >= 0.6 is 0 Å². The number of fused-ring (bicyclic) bond motifs is 3. The van der Waals surface area contributed by atoms with Gasteiger partial charge >= 0.3 is 269 Å². The minimum absolute atomic E-state index is 0.0562. The Morgan fingerprint density at radius 2 is 0.955 bits per heavy atom. The van der Waals surface area contributed by atoms with Gasteiger partial charge in [0.1, 0.15) is 0 Å². The van der Waals surface area contributed by atoms with Gasteiger partial charge in [-0.1, -0.05) is 0 Å². The van der Waals surface area contributed by atoms with E-state index in [0.29, 0.717) is 10.9 Å². The van der Waals surface area contributed by atoms with Crippen LogP contribution in [0.4, 0.5) is 0 Å². The van der Waals surface area contributed by atoms with Crippen molar-refractivity contribution in [3.8, 4) is 11.1 Å². The van der Waals surface area contributed by atoms with Crippen LogP contribution in [0.5, 0.6) is 0 Å². The van der Waals surface area contributed by atoms with Crippen molar-refractivity contribution < 1.29 is 18.3 Å². The van der Waals surface area contributed by atoms with Gasteiger partial charge in [-0.15, -0.1) is 0 Å². The molecule has 0 nitrogen and oxygen atoms in total. The van der Waals surface area contributed by atoms with Crippen LogP contribution in [0.25, 0.3) is 11.1 Å². The van der Waals surface area contributed by atoms with Crippen molar-refractivity contribution >= 4 is 4.21 Å². The molecule has 4 aromatic carbocycles. The molecule has 0 heterocycles. The molecule has 0 saturated carbocycles. The molecule has 4 aromatic rings. The Labute approximate surface area is 267 Å². The van der Waals surface area contributed by atoms with E-state index >= 15 is 0 Å². The Hall–Kier alpha value is -2.89. The molecular formula is C43H50Zr. The SMILES string of the molecule is [CH2]=[Zr]([CH]1C=CC=C1)([CH](C)c1ccccc1)([CH](C)c1ccccc1)[CH]1c2cc(C(C)(C)C)ccc2-c2ccc(C(C)(C)C)cc21. The molecule has 2 atom stereocenters. The van der Waals surface area contributed by atoms with Crippen LogP contribution in [-0.2, 0) is 29.1 Å². The molecule has 0 amide bonds. The van der Waals surface area contributed by atoms with E-state index in [1.54, 1.807) is 0 Å². The van der Waals surface area contributed by atoms with Crippen molar-refractivity contribution in [3.63, 3.8) is 0 Å². The van der Waals surface area contributed by atoms with Gasteiger partial charge in [-0.2, -0.15) is 0 Å². The van der Waals surface area contributed by atoms with E-state index in [1.165, 1.54) is 44.5 Å². The maximum atomic E-state index is 5.91. The van der Waals surface area contributed by atoms with E-state index in [4.69, 9.17) is 4.21 Å². The van der Waals surface area contributed by atoms with E-state index in [-0.39, 0.29) is 14.5 Å². The standard InChI is InChI=1S/C21H25.2C8H9.C5H5.CH2.Zr/c1-20(2,3)16-7-9-18-14(12-16)11-15-13-17(21(4,5)6)8-10-19(15)18;2*1-2-8-6-4-3-5-7-8;1-2-4-5-3-1;;/h7-13H,1-6H3;2*2-7H,1H3;1-5H;1H2;. The van der Waals surface area contributed by atoms with Gasteiger partial charge in [0.15, 0.2) is 0 Å². The van der Waals surface area contributed by atoms with Gasteiger partial charge in [-0.25, -0.2) is 0 Å². The average molecular weight is 658 g/mol. The molecule has 2 unspecified atom stereocenters. The molecular weight excluding hydrogens is 608 g/mol. The Morgan fingerprint density at radius 1 is 0.568 bits per heavy atom. The summed E-state index contributed by atoms with van der Waals surface area (Å²) in [5, 5.41) is 0. The molecule has 0 fully saturated rings. The van der Waals surface area contributed by atoms with E-state index in [1.807, 2.05) is 0 Å². The second kappa shape index (κ2) is 10.9. The maximum absolute atomic E-state index is 5.91. The van der Waals surface area contributed by atoms with Crippen molar-refractivity contribution in [3.05, 3.63) is 155 Å². The summed E-state index contributed by atoms with van der Waals surface area (Å²) in [6, 6.07) is 37.5. The zero-order chi connectivity index (χ0) is 31.5. The van der Waals surface area contributed by atoms with Crippen molar-refractivity contribution in [1.82, 2.24) is 0 Å². The summed E-state index contributed by atoms with van der Waals surface area (Å²) in [5.74, 6) is 0. The normalized spacial score (nSPS) is 17.0. The van der Waals surface area contributed by atoms with Crippen LogP contribution in [0.1, 0.15) is 99.6 Å². The van der Waals surface area contributed by atoms with Crippen LogP contribution in [-0.4, -0.2) is 4.21 Å². The van der Waals surface area contributed by atoms with Crippen LogP contribution in [0, 0.1) is 0 Å². The van der Waals surface area contributed by atoms with E-state index < -0.39 is 18.3 Å². The van der Waals surface area contributed by atoms with Gasteiger partial charge in [0.05, 0.1) is 0 Å². The van der Waals surface area contributed by atoms with Gasteiger partial charge in [0.25, 0.3) is 0 Å². The molecule has 0 aromatic heterocycles. The van der Waals surface area contributed by atoms with Gasteiger partial charge in [0.2, 0.25) is 0 Å². The first kappa shape index (κ1) is 31.1. The van der Waals surface area contributed by atoms with Crippen LogP contribution < -0.4 is 0 Å². The summed E-state index contributed by atoms with van der Waals surface area (Å²) in [6.07, 6.45) is 9.64. The van der Waals surface area contributed by atoms with Gasteiger partial charge < -0.3 is 0 Å². The summed E-state index contributed by atoms with van der Waals surface area (Å²) in [7, 11) is 0. The number of rotatable bonds is 6. The third-order valence-corrected chi connectivity index (χ3v) is 33.7. The first-order valence-electron chi connectivity index (χ1n) is 16.5. The Kier molecular flexibility index (Phi) is 7.69. The number of allylic oxidation sites excluding steroid dienone is 4. The fourth-order valence-electron chi connectivity index (χ4n) is 8.80. The molecule has 0 aliphatic heterocycles. The summed E-state index contributed by atoms with van der Waals surface area (Å²) in [4.78, 5) is 0. The molecule has 0 saturated heterocycles. The second-order valence-electron chi connectivity index (χ2n) is 15.9. The fraction of sp³-hybridized carbons (Fsp3) is 0.326. The van der Waals surface area contributed by atoms with Crippen LogP contribution in [0.15, 0.2) is 121 Å². The number of benzene rings is 4. The predicted octanol–water partition coefficient (Wildman–Crippen LogP) is 11.9. The topological polar surface area (TPSA) is 0 Å². The van der Waals surface area contributed by atoms with Crippen LogP contribution in [0.2, 0.25) is 3.63 Å². The number of hydrogen-bond acceptors (Lipinski definition) is 0. The van der Waals surface area contributed by atoms with Crippen molar-refractivity contribution in [1.29, 1.82) is 0 Å². The number of hydrogen-bond donors (Lipinski definition) is 0. The molecule has 226 valence electrons. The predicted molar refractivity (Wildman–Crippen MR) is 190 cm³/mol. The molecule has 0 spiro atoms. The summed E-state index contributed by atoms with van der Waals surface area (Å²) < 4.78 is 7.14. The van der Waals surface area contributed by atoms with Gasteiger partial charge in [-0.05, 0) is 0 Å². The Balaban J connectivity index is 1.80. The quantitative estimate of drug-likeness (QED) is 0.194. The fourth-order valence-corrected chi connectivity index (χ4v) is 29.6. The molecule has 2 aliphatic rings. The molecule has 0 radical (unpaired) electrons. The molecule has 44 heavy (non-hydrogen) atoms. The molecule has 6 rings (SSSR count). The second-order valence-corrected chi connectivity index (χ2v) is 32.2. The summed E-state index contributed by atoms with van der Waals surface area (Å²) >= 11 is -4.64. The van der Waals surface area contributed by atoms with E-state index in [2.05, 4.69) is 177 Å². The van der Waals surface area contributed by atoms with Gasteiger partial charge in [-0.3, -0.25) is 0 Å². The van der Waals surface area contributed by atoms with Gasteiger partial charge in [0, 0.05) is 0 Å². The Morgan fingerprint density at radius 3 is 1.32 bits per heavy atom. The van der Waals surface area contributed by atoms with Crippen molar-refractivity contribution in [2.75, 3.05) is 0 Å². The van der Waals surface area contributed by atoms with Crippen LogP contribution in [0.3, 0.4) is 0 Å². The zero-order valence-corrected chi connectivity index (χ0v) is 30.5. The van der Waals surface area contributed by atoms with E-state index in [0.717, 1.165) is 0 Å². The Bertz CT molecular complexity index is 1680. The third kappa shape index (κ3) is 4.69. The monoisotopic (exact) mass is 656 g/mol. The minimum atomic E-state index is -4.64. The summed E-state index contributed by atoms with van der Waals surface area (Å²) in [5.41, 5.74) is 11.6. The average Bonchev–Trinajstić information content (AvgIpc) is 3.67.